The van der Waals surface area contributed by atoms with E-state index in [1.54, 1.807) is 29.2 Å². The van der Waals surface area contributed by atoms with Crippen LogP contribution in [0, 0.1) is 0 Å². The Kier molecular flexibility index (Phi) is 4.72. The van der Waals surface area contributed by atoms with Gasteiger partial charge < -0.3 is 20.1 Å². The number of amides is 2. The SMILES string of the molecule is COc1ccc(NC(=O)Nc2cnn(CC3CCCO3)c2)cn1. The predicted molar refractivity (Wildman–Crippen MR) is 84.6 cm³/mol. The minimum absolute atomic E-state index is 0.210. The summed E-state index contributed by atoms with van der Waals surface area (Å²) in [6, 6.07) is 3.04. The maximum Gasteiger partial charge on any atom is 0.323 e. The number of pyridine rings is 1. The molecule has 8 heteroatoms. The smallest absolute Gasteiger partial charge is 0.323 e. The fourth-order valence-corrected chi connectivity index (χ4v) is 2.39. The zero-order chi connectivity index (χ0) is 16.1. The van der Waals surface area contributed by atoms with Crippen LogP contribution in [0.15, 0.2) is 30.7 Å². The van der Waals surface area contributed by atoms with Crippen LogP contribution in [0.4, 0.5) is 16.2 Å². The molecule has 0 aliphatic carbocycles. The molecule has 23 heavy (non-hydrogen) atoms. The van der Waals surface area contributed by atoms with E-state index in [0.717, 1.165) is 19.4 Å². The number of nitrogens with one attached hydrogen (secondary N) is 2. The first-order chi connectivity index (χ1) is 11.2. The van der Waals surface area contributed by atoms with Gasteiger partial charge in [-0.25, -0.2) is 9.78 Å². The van der Waals surface area contributed by atoms with E-state index >= 15 is 0 Å². The van der Waals surface area contributed by atoms with Crippen LogP contribution in [-0.4, -0.2) is 40.6 Å². The standard InChI is InChI=1S/C15H19N5O3/c1-22-14-5-4-11(7-16-14)18-15(21)19-12-8-17-20(9-12)10-13-3-2-6-23-13/h4-5,7-9,13H,2-3,6,10H2,1H3,(H2,18,19,21). The summed E-state index contributed by atoms with van der Waals surface area (Å²) >= 11 is 0. The summed E-state index contributed by atoms with van der Waals surface area (Å²) in [5.74, 6) is 0.492. The summed E-state index contributed by atoms with van der Waals surface area (Å²) in [6.07, 6.45) is 7.28. The summed E-state index contributed by atoms with van der Waals surface area (Å²) in [6.45, 7) is 1.51. The lowest BCUT2D eigenvalue weighted by Crippen LogP contribution is -2.19. The second-order valence-electron chi connectivity index (χ2n) is 5.25. The third-order valence-electron chi connectivity index (χ3n) is 3.51. The molecular weight excluding hydrogens is 298 g/mol. The Morgan fingerprint density at radius 3 is 2.96 bits per heavy atom. The monoisotopic (exact) mass is 317 g/mol. The normalized spacial score (nSPS) is 17.0. The lowest BCUT2D eigenvalue weighted by molar-refractivity contribution is 0.0940. The van der Waals surface area contributed by atoms with Gasteiger partial charge in [-0.2, -0.15) is 5.10 Å². The van der Waals surface area contributed by atoms with Gasteiger partial charge in [0.25, 0.3) is 0 Å². The van der Waals surface area contributed by atoms with Gasteiger partial charge >= 0.3 is 6.03 Å². The zero-order valence-electron chi connectivity index (χ0n) is 12.9. The molecule has 1 aliphatic rings. The Bertz CT molecular complexity index is 649. The first-order valence-electron chi connectivity index (χ1n) is 7.45. The highest BCUT2D eigenvalue weighted by Gasteiger charge is 2.16. The van der Waals surface area contributed by atoms with Gasteiger partial charge in [-0.15, -0.1) is 0 Å². The number of carbonyl (C=O) groups is 1. The number of urea groups is 1. The van der Waals surface area contributed by atoms with Gasteiger partial charge in [0, 0.05) is 18.9 Å². The molecule has 2 aromatic rings. The van der Waals surface area contributed by atoms with Crippen molar-refractivity contribution < 1.29 is 14.3 Å². The fraction of sp³-hybridized carbons (Fsp3) is 0.400. The summed E-state index contributed by atoms with van der Waals surface area (Å²) in [5, 5.41) is 9.65. The van der Waals surface area contributed by atoms with E-state index < -0.39 is 0 Å². The molecule has 0 spiro atoms. The largest absolute Gasteiger partial charge is 0.481 e. The van der Waals surface area contributed by atoms with Crippen molar-refractivity contribution in [1.29, 1.82) is 0 Å². The van der Waals surface area contributed by atoms with E-state index in [1.165, 1.54) is 13.3 Å². The lowest BCUT2D eigenvalue weighted by Gasteiger charge is -2.08. The zero-order valence-corrected chi connectivity index (χ0v) is 12.9. The Morgan fingerprint density at radius 1 is 1.39 bits per heavy atom. The Balaban J connectivity index is 1.51. The van der Waals surface area contributed by atoms with Crippen LogP contribution in [-0.2, 0) is 11.3 Å². The molecule has 2 amide bonds. The number of nitrogens with zero attached hydrogens (tertiary/aromatic N) is 3. The highest BCUT2D eigenvalue weighted by molar-refractivity contribution is 5.99. The molecule has 1 fully saturated rings. The number of aromatic nitrogens is 3. The second kappa shape index (κ2) is 7.10. The van der Waals surface area contributed by atoms with Crippen LogP contribution in [0.5, 0.6) is 5.88 Å². The molecule has 3 heterocycles. The molecule has 2 aromatic heterocycles. The molecule has 0 bridgehead atoms. The van der Waals surface area contributed by atoms with Crippen LogP contribution >= 0.6 is 0 Å². The first kappa shape index (κ1) is 15.3. The molecule has 1 unspecified atom stereocenters. The van der Waals surface area contributed by atoms with Crippen LogP contribution in [0.25, 0.3) is 0 Å². The van der Waals surface area contributed by atoms with Crippen molar-refractivity contribution in [2.45, 2.75) is 25.5 Å². The topological polar surface area (TPSA) is 90.3 Å². The van der Waals surface area contributed by atoms with Gasteiger partial charge in [0.2, 0.25) is 5.88 Å². The van der Waals surface area contributed by atoms with Gasteiger partial charge in [-0.05, 0) is 18.9 Å². The summed E-state index contributed by atoms with van der Waals surface area (Å²) in [5.41, 5.74) is 1.21. The maximum absolute atomic E-state index is 11.9. The lowest BCUT2D eigenvalue weighted by atomic mass is 10.2. The fourth-order valence-electron chi connectivity index (χ4n) is 2.39. The van der Waals surface area contributed by atoms with Crippen molar-refractivity contribution >= 4 is 17.4 Å². The molecule has 122 valence electrons. The van der Waals surface area contributed by atoms with Crippen molar-refractivity contribution in [2.75, 3.05) is 24.4 Å². The number of carbonyl (C=O) groups excluding carboxylic acids is 1. The van der Waals surface area contributed by atoms with Crippen molar-refractivity contribution in [3.63, 3.8) is 0 Å². The van der Waals surface area contributed by atoms with E-state index in [1.807, 2.05) is 0 Å². The molecule has 3 rings (SSSR count). The molecular formula is C15H19N5O3. The van der Waals surface area contributed by atoms with E-state index in [9.17, 15) is 4.79 Å². The Morgan fingerprint density at radius 2 is 2.26 bits per heavy atom. The Labute approximate surface area is 133 Å². The molecule has 1 aliphatic heterocycles. The van der Waals surface area contributed by atoms with E-state index in [-0.39, 0.29) is 12.1 Å². The third kappa shape index (κ3) is 4.19. The van der Waals surface area contributed by atoms with Crippen molar-refractivity contribution in [3.8, 4) is 5.88 Å². The van der Waals surface area contributed by atoms with Gasteiger partial charge in [0.1, 0.15) is 0 Å². The average molecular weight is 317 g/mol. The minimum Gasteiger partial charge on any atom is -0.481 e. The van der Waals surface area contributed by atoms with Crippen molar-refractivity contribution in [1.82, 2.24) is 14.8 Å². The third-order valence-corrected chi connectivity index (χ3v) is 3.51. The average Bonchev–Trinajstić information content (AvgIpc) is 3.21. The number of rotatable bonds is 5. The van der Waals surface area contributed by atoms with Crippen molar-refractivity contribution in [2.24, 2.45) is 0 Å². The van der Waals surface area contributed by atoms with Crippen LogP contribution in [0.1, 0.15) is 12.8 Å². The Hall–Kier alpha value is -2.61. The molecule has 8 nitrogen and oxygen atoms in total. The van der Waals surface area contributed by atoms with Crippen LogP contribution in [0.3, 0.4) is 0 Å². The molecule has 1 saturated heterocycles. The quantitative estimate of drug-likeness (QED) is 0.881. The summed E-state index contributed by atoms with van der Waals surface area (Å²) < 4.78 is 12.3. The highest BCUT2D eigenvalue weighted by Crippen LogP contribution is 2.15. The number of hydrogen-bond donors (Lipinski definition) is 2. The van der Waals surface area contributed by atoms with Gasteiger partial charge in [-0.1, -0.05) is 0 Å². The van der Waals surface area contributed by atoms with Gasteiger partial charge in [0.15, 0.2) is 0 Å². The number of ether oxygens (including phenoxy) is 2. The predicted octanol–water partition coefficient (Wildman–Crippen LogP) is 2.11. The van der Waals surface area contributed by atoms with Gasteiger partial charge in [0.05, 0.1) is 43.5 Å². The van der Waals surface area contributed by atoms with E-state index in [0.29, 0.717) is 23.8 Å². The summed E-state index contributed by atoms with van der Waals surface area (Å²) in [4.78, 5) is 16.0. The summed E-state index contributed by atoms with van der Waals surface area (Å²) in [7, 11) is 1.54. The van der Waals surface area contributed by atoms with Crippen LogP contribution < -0.4 is 15.4 Å². The first-order valence-corrected chi connectivity index (χ1v) is 7.45. The molecule has 2 N–H and O–H groups in total. The minimum atomic E-state index is -0.353. The van der Waals surface area contributed by atoms with Crippen LogP contribution in [0.2, 0.25) is 0 Å². The van der Waals surface area contributed by atoms with Gasteiger partial charge in [-0.3, -0.25) is 4.68 Å². The van der Waals surface area contributed by atoms with E-state index in [4.69, 9.17) is 9.47 Å². The number of methoxy groups -OCH3 is 1. The maximum atomic E-state index is 11.9. The highest BCUT2D eigenvalue weighted by atomic mass is 16.5. The molecule has 0 radical (unpaired) electrons. The van der Waals surface area contributed by atoms with E-state index in [2.05, 4.69) is 20.7 Å². The van der Waals surface area contributed by atoms with Crippen molar-refractivity contribution in [3.05, 3.63) is 30.7 Å². The molecule has 0 aromatic carbocycles. The molecule has 1 atom stereocenters. The number of hydrogen-bond acceptors (Lipinski definition) is 5. The second-order valence-corrected chi connectivity index (χ2v) is 5.25. The number of anilines is 2. The molecule has 0 saturated carbocycles.